The first-order valence-corrected chi connectivity index (χ1v) is 10.3. The van der Waals surface area contributed by atoms with Gasteiger partial charge in [-0.15, -0.1) is 6.58 Å². The van der Waals surface area contributed by atoms with Crippen molar-refractivity contribution in [3.05, 3.63) is 48.4 Å². The Balaban J connectivity index is -0.000000186. The third kappa shape index (κ3) is 25.7. The first kappa shape index (κ1) is 34.2. The smallest absolute Gasteiger partial charge is 0.405 e. The quantitative estimate of drug-likeness (QED) is 0.279. The molecule has 0 fully saturated rings. The maximum absolute atomic E-state index is 10.0. The lowest BCUT2D eigenvalue weighted by molar-refractivity contribution is 0.0600. The molecule has 0 rings (SSSR count). The van der Waals surface area contributed by atoms with Crippen LogP contribution in [0.15, 0.2) is 53.3 Å². The van der Waals surface area contributed by atoms with Crippen molar-refractivity contribution in [2.24, 2.45) is 16.5 Å². The van der Waals surface area contributed by atoms with Gasteiger partial charge in [0.05, 0.1) is 0 Å². The molecule has 0 aliphatic heterocycles. The number of carbonyl (C=O) groups excluding carboxylic acids is 1. The molecule has 0 atom stereocenters. The molecule has 29 heavy (non-hydrogen) atoms. The molecule has 0 aromatic rings. The second-order valence-corrected chi connectivity index (χ2v) is 6.80. The zero-order valence-electron chi connectivity index (χ0n) is 20.7. The van der Waals surface area contributed by atoms with E-state index in [4.69, 9.17) is 11.5 Å². The number of primary amides is 1. The lowest BCUT2D eigenvalue weighted by atomic mass is 9.97. The molecule has 0 saturated heterocycles. The maximum atomic E-state index is 10.0. The van der Waals surface area contributed by atoms with Gasteiger partial charge in [0.25, 0.3) is 0 Å². The first-order valence-electron chi connectivity index (χ1n) is 10.3. The molecule has 170 valence electrons. The van der Waals surface area contributed by atoms with Gasteiger partial charge in [-0.1, -0.05) is 59.3 Å². The van der Waals surface area contributed by atoms with Crippen LogP contribution in [0.4, 0.5) is 4.79 Å². The van der Waals surface area contributed by atoms with Crippen molar-refractivity contribution in [1.82, 2.24) is 0 Å². The predicted molar refractivity (Wildman–Crippen MR) is 131 cm³/mol. The summed E-state index contributed by atoms with van der Waals surface area (Å²) in [6.07, 6.45) is 8.14. The van der Waals surface area contributed by atoms with E-state index in [1.165, 1.54) is 19.0 Å². The van der Waals surface area contributed by atoms with Crippen LogP contribution in [0.5, 0.6) is 0 Å². The zero-order chi connectivity index (χ0) is 24.0. The molecule has 0 spiro atoms. The number of unbranched alkanes of at least 4 members (excludes halogenated alkanes) is 1. The number of amides is 1. The summed E-state index contributed by atoms with van der Waals surface area (Å²) in [5.74, 6) is 0. The number of nitrogens with two attached hydrogens (primary N) is 2. The zero-order valence-corrected chi connectivity index (χ0v) is 20.7. The van der Waals surface area contributed by atoms with Crippen LogP contribution in [0.2, 0.25) is 0 Å². The summed E-state index contributed by atoms with van der Waals surface area (Å²) in [5, 5.41) is 0. The van der Waals surface area contributed by atoms with E-state index in [0.717, 1.165) is 29.0 Å². The molecule has 0 aromatic carbocycles. The van der Waals surface area contributed by atoms with Crippen LogP contribution in [-0.4, -0.2) is 17.4 Å². The lowest BCUT2D eigenvalue weighted by Crippen LogP contribution is -2.27. The van der Waals surface area contributed by atoms with Crippen LogP contribution < -0.4 is 11.5 Å². The number of hydrogen-bond donors (Lipinski definition) is 2. The Morgan fingerprint density at radius 3 is 1.69 bits per heavy atom. The van der Waals surface area contributed by atoms with Gasteiger partial charge in [0, 0.05) is 23.2 Å². The minimum absolute atomic E-state index is 0.453. The van der Waals surface area contributed by atoms with E-state index < -0.39 is 11.7 Å². The molecule has 0 saturated carbocycles. The molecule has 4 N–H and O–H groups in total. The maximum Gasteiger partial charge on any atom is 0.405 e. The molecule has 0 bridgehead atoms. The Labute approximate surface area is 180 Å². The van der Waals surface area contributed by atoms with E-state index in [1.807, 2.05) is 46.8 Å². The summed E-state index contributed by atoms with van der Waals surface area (Å²) in [7, 11) is 0. The van der Waals surface area contributed by atoms with Gasteiger partial charge in [-0.25, -0.2) is 4.79 Å². The highest BCUT2D eigenvalue weighted by molar-refractivity contribution is 6.03. The Morgan fingerprint density at radius 1 is 1.07 bits per heavy atom. The number of nitrogens with zero attached hydrogens (tertiary/aromatic N) is 1. The summed E-state index contributed by atoms with van der Waals surface area (Å²) >= 11 is 0. The monoisotopic (exact) mass is 409 g/mol. The third-order valence-corrected chi connectivity index (χ3v) is 2.98. The number of hydrogen-bond acceptors (Lipinski definition) is 4. The highest BCUT2D eigenvalue weighted by Gasteiger charge is 2.12. The normalized spacial score (nSPS) is 11.8. The van der Waals surface area contributed by atoms with Crippen LogP contribution in [0.25, 0.3) is 0 Å². The fraction of sp³-hybridized carbons (Fsp3) is 0.583. The molecule has 1 amide bonds. The van der Waals surface area contributed by atoms with E-state index in [1.54, 1.807) is 20.8 Å². The highest BCUT2D eigenvalue weighted by Crippen LogP contribution is 2.18. The van der Waals surface area contributed by atoms with Crippen molar-refractivity contribution in [2.75, 3.05) is 0 Å². The summed E-state index contributed by atoms with van der Waals surface area (Å²) in [6.45, 7) is 26.8. The molecule has 0 heterocycles. The van der Waals surface area contributed by atoms with Crippen molar-refractivity contribution in [3.8, 4) is 0 Å². The minimum Gasteiger partial charge on any atom is -0.444 e. The predicted octanol–water partition coefficient (Wildman–Crippen LogP) is 7.06. The minimum atomic E-state index is -0.725. The van der Waals surface area contributed by atoms with Gasteiger partial charge in [0.1, 0.15) is 5.60 Å². The van der Waals surface area contributed by atoms with Crippen molar-refractivity contribution in [2.45, 2.75) is 94.1 Å². The van der Waals surface area contributed by atoms with Crippen molar-refractivity contribution < 1.29 is 9.53 Å². The van der Waals surface area contributed by atoms with E-state index in [9.17, 15) is 4.79 Å². The molecular weight excluding hydrogens is 362 g/mol. The Morgan fingerprint density at radius 2 is 1.52 bits per heavy atom. The van der Waals surface area contributed by atoms with Crippen LogP contribution in [0.1, 0.15) is 88.5 Å². The molecular formula is C24H47N3O2. The average molecular weight is 410 g/mol. The fourth-order valence-corrected chi connectivity index (χ4v) is 1.79. The van der Waals surface area contributed by atoms with Crippen molar-refractivity contribution >= 4 is 11.8 Å². The number of rotatable bonds is 6. The third-order valence-electron chi connectivity index (χ3n) is 2.98. The molecule has 5 heteroatoms. The SMILES string of the molecule is C=CCC(=C/C)/C(C(C)=NC=C)=C(/C)N.CC.CC(C)(C)OC(N)=O.CCCC. The van der Waals surface area contributed by atoms with Crippen LogP contribution >= 0.6 is 0 Å². The molecule has 0 aliphatic rings. The topological polar surface area (TPSA) is 90.7 Å². The Hall–Kier alpha value is -2.30. The Bertz CT molecular complexity index is 531. The van der Waals surface area contributed by atoms with Gasteiger partial charge in [-0.3, -0.25) is 4.99 Å². The molecule has 0 unspecified atom stereocenters. The molecule has 0 aliphatic carbocycles. The number of ether oxygens (including phenoxy) is 1. The second kappa shape index (κ2) is 22.0. The van der Waals surface area contributed by atoms with Gasteiger partial charge < -0.3 is 16.2 Å². The van der Waals surface area contributed by atoms with Crippen LogP contribution in [-0.2, 0) is 4.74 Å². The van der Waals surface area contributed by atoms with Crippen LogP contribution in [0, 0.1) is 0 Å². The highest BCUT2D eigenvalue weighted by atomic mass is 16.6. The standard InChI is InChI=1S/C13H20N2.C5H11NO2.C4H10.C2H6/c1-6-9-12(7-2)13(10(4)14)11(5)15-8-3;1-5(2,3)8-4(6)7;1-3-4-2;1-2/h6-8H,1,3,9,14H2,2,4-5H3;1-3H3,(H2,6,7);3-4H2,1-2H3;1-2H3/b12-7-,13-10-,15-11?;;;. The van der Waals surface area contributed by atoms with Crippen LogP contribution in [0.3, 0.4) is 0 Å². The second-order valence-electron chi connectivity index (χ2n) is 6.80. The average Bonchev–Trinajstić information content (AvgIpc) is 2.61. The number of allylic oxidation sites excluding steroid dienone is 5. The summed E-state index contributed by atoms with van der Waals surface area (Å²) < 4.78 is 4.58. The van der Waals surface area contributed by atoms with E-state index in [-0.39, 0.29) is 0 Å². The van der Waals surface area contributed by atoms with Gasteiger partial charge in [-0.2, -0.15) is 0 Å². The summed E-state index contributed by atoms with van der Waals surface area (Å²) in [6, 6.07) is 0. The summed E-state index contributed by atoms with van der Waals surface area (Å²) in [4.78, 5) is 14.2. The Kier molecular flexibility index (Phi) is 26.0. The van der Waals surface area contributed by atoms with Crippen molar-refractivity contribution in [1.29, 1.82) is 0 Å². The summed E-state index contributed by atoms with van der Waals surface area (Å²) in [5.41, 5.74) is 13.9. The molecule has 0 radical (unpaired) electrons. The van der Waals surface area contributed by atoms with E-state index in [2.05, 4.69) is 36.7 Å². The molecule has 0 aromatic heterocycles. The van der Waals surface area contributed by atoms with Crippen molar-refractivity contribution in [3.63, 3.8) is 0 Å². The van der Waals surface area contributed by atoms with E-state index >= 15 is 0 Å². The van der Waals surface area contributed by atoms with Gasteiger partial charge in [0.2, 0.25) is 0 Å². The van der Waals surface area contributed by atoms with E-state index in [0.29, 0.717) is 0 Å². The molecule has 5 nitrogen and oxygen atoms in total. The lowest BCUT2D eigenvalue weighted by Gasteiger charge is -2.16. The van der Waals surface area contributed by atoms with Gasteiger partial charge in [-0.05, 0) is 53.5 Å². The van der Waals surface area contributed by atoms with Gasteiger partial charge in [0.15, 0.2) is 0 Å². The largest absolute Gasteiger partial charge is 0.444 e. The number of carbonyl (C=O) groups is 1. The number of aliphatic imine (C=N–C) groups is 1. The van der Waals surface area contributed by atoms with Gasteiger partial charge >= 0.3 is 6.09 Å². The first-order chi connectivity index (χ1) is 13.4. The fourth-order valence-electron chi connectivity index (χ4n) is 1.79.